The molecule has 5 heterocycles. The van der Waals surface area contributed by atoms with E-state index < -0.39 is 23.6 Å². The molecule has 6 aromatic carbocycles. The molecule has 5 N–H and O–H groups in total. The summed E-state index contributed by atoms with van der Waals surface area (Å²) in [4.78, 5) is 57.2. The van der Waals surface area contributed by atoms with Crippen LogP contribution >= 0.6 is 24.0 Å². The zero-order valence-corrected chi connectivity index (χ0v) is 54.5. The number of hydrogen-bond donors (Lipinski definition) is 4. The van der Waals surface area contributed by atoms with Gasteiger partial charge in [0.05, 0.1) is 56.6 Å². The average molecular weight is 1330 g/mol. The first kappa shape index (κ1) is 75.8. The van der Waals surface area contributed by atoms with Crippen LogP contribution in [0.1, 0.15) is 85.6 Å². The molecule has 4 aliphatic heterocycles. The first-order valence-corrected chi connectivity index (χ1v) is 32.4. The molecule has 94 heavy (non-hydrogen) atoms. The molecule has 7 aromatic rings. The van der Waals surface area contributed by atoms with Crippen LogP contribution in [0, 0.1) is 0 Å². The lowest BCUT2D eigenvalue weighted by atomic mass is 10.0. The van der Waals surface area contributed by atoms with Crippen molar-refractivity contribution in [3.05, 3.63) is 221 Å². The highest BCUT2D eigenvalue weighted by Crippen LogP contribution is 2.34. The van der Waals surface area contributed by atoms with Gasteiger partial charge in [-0.25, -0.2) is 0 Å². The molecule has 16 nitrogen and oxygen atoms in total. The van der Waals surface area contributed by atoms with Crippen molar-refractivity contribution in [1.29, 1.82) is 0 Å². The number of nitrogens with two attached hydrogens (primary N) is 1. The number of carbonyl (C=O) groups is 3. The molecule has 4 saturated heterocycles. The first-order chi connectivity index (χ1) is 44.9. The third kappa shape index (κ3) is 25.8. The number of morpholine rings is 3. The smallest absolute Gasteiger partial charge is 0.379 e. The number of alkyl halides is 4. The van der Waals surface area contributed by atoms with Crippen LogP contribution in [-0.4, -0.2) is 173 Å². The fraction of sp³-hybridized carbons (Fsp3) is 0.397. The summed E-state index contributed by atoms with van der Waals surface area (Å²) in [5.74, 6) is -0.364. The number of benzene rings is 6. The van der Waals surface area contributed by atoms with Crippen molar-refractivity contribution in [2.24, 2.45) is 5.73 Å². The maximum Gasteiger partial charge on any atom is 0.416 e. The minimum Gasteiger partial charge on any atom is -0.379 e. The second kappa shape index (κ2) is 41.5. The fourth-order valence-electron chi connectivity index (χ4n) is 10.8. The maximum absolute atomic E-state index is 14.1. The van der Waals surface area contributed by atoms with Crippen LogP contribution in [0.25, 0.3) is 11.3 Å². The van der Waals surface area contributed by atoms with E-state index in [2.05, 4.69) is 70.9 Å². The van der Waals surface area contributed by atoms with Gasteiger partial charge in [0.15, 0.2) is 0 Å². The van der Waals surface area contributed by atoms with Crippen molar-refractivity contribution in [3.63, 3.8) is 0 Å². The molecule has 506 valence electrons. The molecule has 4 aliphatic rings. The van der Waals surface area contributed by atoms with Crippen molar-refractivity contribution in [3.8, 4) is 11.3 Å². The summed E-state index contributed by atoms with van der Waals surface area (Å²) in [6.07, 6.45) is 0.250. The minimum absolute atomic E-state index is 0. The molecular weight excluding hydrogens is 1240 g/mol. The molecule has 0 unspecified atom stereocenters. The third-order valence-electron chi connectivity index (χ3n) is 16.1. The van der Waals surface area contributed by atoms with Crippen LogP contribution < -0.4 is 26.6 Å². The van der Waals surface area contributed by atoms with Gasteiger partial charge in [0.2, 0.25) is 0 Å². The number of aromatic nitrogens is 1. The molecule has 11 rings (SSSR count). The number of nitrogens with one attached hydrogen (secondary N) is 3. The van der Waals surface area contributed by atoms with Crippen molar-refractivity contribution in [2.45, 2.75) is 59.0 Å². The highest BCUT2D eigenvalue weighted by molar-refractivity contribution is 6.18. The lowest BCUT2D eigenvalue weighted by Crippen LogP contribution is -2.43. The normalized spacial score (nSPS) is 15.1. The Kier molecular flexibility index (Phi) is 33.5. The summed E-state index contributed by atoms with van der Waals surface area (Å²) in [5.41, 5.74) is 11.8. The van der Waals surface area contributed by atoms with Crippen molar-refractivity contribution >= 4 is 53.1 Å². The van der Waals surface area contributed by atoms with Crippen LogP contribution in [0.3, 0.4) is 0 Å². The SMILES string of the molecule is C.Cl.ClCCN1CCOCC1.NCc1ccccc1.O=C(NCc1cccc(C(F)(F)F)c1)c1ccnc(-c2cc(N3CCCCC3)ccc2NC(=O)c2cccc(C(=O)N(CCN3CCOCC3)Cc3ccccc3)c2)c1.c1ccc(CNCCN2CCOCC2)cc1. The second-order valence-corrected chi connectivity index (χ2v) is 23.1. The lowest BCUT2D eigenvalue weighted by Gasteiger charge is -2.30. The van der Waals surface area contributed by atoms with Crippen LogP contribution in [0.15, 0.2) is 176 Å². The lowest BCUT2D eigenvalue weighted by molar-refractivity contribution is -0.137. The van der Waals surface area contributed by atoms with Gasteiger partial charge in [-0.05, 0) is 102 Å². The van der Waals surface area contributed by atoms with E-state index in [4.69, 9.17) is 31.5 Å². The van der Waals surface area contributed by atoms with E-state index in [0.717, 1.165) is 153 Å². The summed E-state index contributed by atoms with van der Waals surface area (Å²) in [6, 6.07) is 50.7. The molecular formula is C73H93Cl2F3N10O6. The van der Waals surface area contributed by atoms with E-state index in [1.807, 2.05) is 83.8 Å². The summed E-state index contributed by atoms with van der Waals surface area (Å²) >= 11 is 5.55. The number of piperidine rings is 1. The third-order valence-corrected chi connectivity index (χ3v) is 16.3. The average Bonchev–Trinajstić information content (AvgIpc) is 1.32. The van der Waals surface area contributed by atoms with Gasteiger partial charge in [0.1, 0.15) is 0 Å². The monoisotopic (exact) mass is 1330 g/mol. The highest BCUT2D eigenvalue weighted by atomic mass is 35.5. The number of pyridine rings is 1. The zero-order valence-electron chi connectivity index (χ0n) is 53.0. The van der Waals surface area contributed by atoms with Gasteiger partial charge in [-0.15, -0.1) is 24.0 Å². The van der Waals surface area contributed by atoms with Gasteiger partial charge >= 0.3 is 6.18 Å². The molecule has 21 heteroatoms. The Bertz CT molecular complexity index is 3300. The number of nitrogens with zero attached hydrogens (tertiary/aromatic N) is 6. The Morgan fingerprint density at radius 1 is 0.564 bits per heavy atom. The van der Waals surface area contributed by atoms with E-state index >= 15 is 0 Å². The van der Waals surface area contributed by atoms with Gasteiger partial charge in [0, 0.05) is 151 Å². The molecule has 1 aromatic heterocycles. The molecule has 0 bridgehead atoms. The predicted molar refractivity (Wildman–Crippen MR) is 373 cm³/mol. The second-order valence-electron chi connectivity index (χ2n) is 22.7. The first-order valence-electron chi connectivity index (χ1n) is 31.9. The number of anilines is 2. The molecule has 4 fully saturated rings. The van der Waals surface area contributed by atoms with Gasteiger partial charge in [-0.1, -0.05) is 117 Å². The van der Waals surface area contributed by atoms with Crippen LogP contribution in [0.2, 0.25) is 0 Å². The Hall–Kier alpha value is -7.27. The zero-order chi connectivity index (χ0) is 64.6. The van der Waals surface area contributed by atoms with E-state index in [-0.39, 0.29) is 37.8 Å². The van der Waals surface area contributed by atoms with Crippen molar-refractivity contribution in [1.82, 2.24) is 35.2 Å². The predicted octanol–water partition coefficient (Wildman–Crippen LogP) is 11.8. The van der Waals surface area contributed by atoms with Gasteiger partial charge < -0.3 is 45.7 Å². The van der Waals surface area contributed by atoms with Crippen LogP contribution in [0.5, 0.6) is 0 Å². The minimum atomic E-state index is -4.50. The topological polar surface area (TPSA) is 170 Å². The number of amides is 3. The van der Waals surface area contributed by atoms with E-state index in [0.29, 0.717) is 73.0 Å². The molecule has 0 saturated carbocycles. The van der Waals surface area contributed by atoms with Crippen LogP contribution in [0.4, 0.5) is 24.5 Å². The van der Waals surface area contributed by atoms with Crippen LogP contribution in [-0.2, 0) is 46.6 Å². The number of ether oxygens (including phenoxy) is 3. The van der Waals surface area contributed by atoms with Gasteiger partial charge in [0.25, 0.3) is 17.7 Å². The summed E-state index contributed by atoms with van der Waals surface area (Å²) in [6.45, 7) is 18.8. The number of rotatable bonds is 21. The molecule has 0 radical (unpaired) electrons. The Morgan fingerprint density at radius 3 is 1.71 bits per heavy atom. The number of carbonyl (C=O) groups excluding carboxylic acids is 3. The quantitative estimate of drug-likeness (QED) is 0.0396. The van der Waals surface area contributed by atoms with Gasteiger partial charge in [-0.2, -0.15) is 13.2 Å². The summed E-state index contributed by atoms with van der Waals surface area (Å²) in [5, 5.41) is 9.22. The van der Waals surface area contributed by atoms with Gasteiger partial charge in [-0.3, -0.25) is 34.1 Å². The number of halogens is 5. The van der Waals surface area contributed by atoms with E-state index in [9.17, 15) is 27.6 Å². The molecule has 0 spiro atoms. The fourth-order valence-corrected chi connectivity index (χ4v) is 11.1. The largest absolute Gasteiger partial charge is 0.416 e. The maximum atomic E-state index is 14.1. The Balaban J connectivity index is 0.000000322. The van der Waals surface area contributed by atoms with E-state index in [1.54, 1.807) is 30.3 Å². The van der Waals surface area contributed by atoms with Crippen molar-refractivity contribution in [2.75, 3.05) is 141 Å². The summed E-state index contributed by atoms with van der Waals surface area (Å²) in [7, 11) is 0. The number of hydrogen-bond acceptors (Lipinski definition) is 13. The molecule has 0 atom stereocenters. The van der Waals surface area contributed by atoms with E-state index in [1.165, 1.54) is 35.5 Å². The summed E-state index contributed by atoms with van der Waals surface area (Å²) < 4.78 is 55.8. The van der Waals surface area contributed by atoms with Crippen molar-refractivity contribution < 1.29 is 41.8 Å². The highest BCUT2D eigenvalue weighted by Gasteiger charge is 2.30. The standard InChI is InChI=1S/C46H47F3N6O4.C13H20N2O.C7H9N.C6H12ClNO.CH4.ClH/c47-46(48,49)38-14-7-11-34(27-38)31-51-43(56)36-17-18-50-42(29-36)40-30-39(54-19-5-2-6-20-54)15-16-41(40)52-44(57)35-12-8-13-37(28-35)45(58)55(32-33-9-3-1-4-10-33)22-21-53-23-25-59-26-24-53;1-2-4-13(5-3-1)12-14-6-7-15-8-10-16-11-9-15;8-6-7-4-2-1-3-5-7;7-1-2-8-3-5-9-6-4-8;;/h1,3-4,7-18,27-30H,2,5-6,19-26,31-32H2,(H,51,56)(H,52,57);1-5,14H,6-12H2;1-5H,6,8H2;1-6H2;1H4;1H. The molecule has 0 aliphatic carbocycles. The Labute approximate surface area is 564 Å². The Morgan fingerprint density at radius 2 is 1.12 bits per heavy atom. The molecule has 3 amide bonds.